The Labute approximate surface area is 136 Å². The lowest BCUT2D eigenvalue weighted by atomic mass is 10.0. The number of benzene rings is 2. The zero-order chi connectivity index (χ0) is 13.9. The minimum atomic E-state index is 0.926. The molecule has 0 radical (unpaired) electrons. The summed E-state index contributed by atoms with van der Waals surface area (Å²) < 4.78 is 6.70. The Hall–Kier alpha value is -1.33. The van der Waals surface area contributed by atoms with Gasteiger partial charge in [-0.25, -0.2) is 0 Å². The van der Waals surface area contributed by atoms with Gasteiger partial charge in [0.05, 0.1) is 10.7 Å². The van der Waals surface area contributed by atoms with Crippen LogP contribution in [0.15, 0.2) is 60.0 Å². The predicted octanol–water partition coefficient (Wildman–Crippen LogP) is 5.70. The van der Waals surface area contributed by atoms with Gasteiger partial charge in [0.1, 0.15) is 5.75 Å². The van der Waals surface area contributed by atoms with Crippen LogP contribution in [0.2, 0.25) is 0 Å². The Morgan fingerprint density at radius 2 is 1.75 bits per heavy atom. The van der Waals surface area contributed by atoms with Gasteiger partial charge < -0.3 is 4.74 Å². The summed E-state index contributed by atoms with van der Waals surface area (Å²) in [5, 5.41) is 2.10. The molecule has 0 amide bonds. The van der Waals surface area contributed by atoms with Crippen LogP contribution in [0.1, 0.15) is 0 Å². The van der Waals surface area contributed by atoms with Gasteiger partial charge in [0, 0.05) is 10.4 Å². The molecule has 0 saturated heterocycles. The minimum absolute atomic E-state index is 0.926. The molecule has 2 aromatic carbocycles. The third-order valence-corrected chi connectivity index (χ3v) is 5.17. The molecule has 0 bridgehead atoms. The first-order chi connectivity index (χ1) is 9.79. The quantitative estimate of drug-likeness (QED) is 0.520. The maximum Gasteiger partial charge on any atom is 0.133 e. The summed E-state index contributed by atoms with van der Waals surface area (Å²) in [7, 11) is 1.73. The molecule has 0 saturated carbocycles. The van der Waals surface area contributed by atoms with Gasteiger partial charge in [-0.2, -0.15) is 0 Å². The fourth-order valence-electron chi connectivity index (χ4n) is 2.15. The molecule has 1 aromatic heterocycles. The topological polar surface area (TPSA) is 9.23 Å². The molecule has 3 rings (SSSR count). The van der Waals surface area contributed by atoms with Gasteiger partial charge in [-0.05, 0) is 57.3 Å². The lowest BCUT2D eigenvalue weighted by Gasteiger charge is -2.12. The monoisotopic (exact) mass is 392 g/mol. The first-order valence-corrected chi connectivity index (χ1v) is 8.22. The molecule has 0 aliphatic rings. The van der Waals surface area contributed by atoms with Crippen molar-refractivity contribution >= 4 is 33.9 Å². The van der Waals surface area contributed by atoms with Crippen LogP contribution in [-0.4, -0.2) is 7.11 Å². The maximum absolute atomic E-state index is 5.54. The molecule has 0 fully saturated rings. The summed E-state index contributed by atoms with van der Waals surface area (Å²) in [5.74, 6) is 0.926. The molecule has 0 spiro atoms. The summed E-state index contributed by atoms with van der Waals surface area (Å²) in [6.07, 6.45) is 0. The van der Waals surface area contributed by atoms with Crippen molar-refractivity contribution < 1.29 is 4.74 Å². The average molecular weight is 392 g/mol. The summed E-state index contributed by atoms with van der Waals surface area (Å²) in [4.78, 5) is 1.27. The largest absolute Gasteiger partial charge is 0.496 e. The van der Waals surface area contributed by atoms with Crippen LogP contribution in [-0.2, 0) is 0 Å². The Morgan fingerprint density at radius 1 is 0.950 bits per heavy atom. The fraction of sp³-hybridized carbons (Fsp3) is 0.0588. The Balaban J connectivity index is 2.20. The van der Waals surface area contributed by atoms with Crippen LogP contribution in [0.25, 0.3) is 21.6 Å². The summed E-state index contributed by atoms with van der Waals surface area (Å²) in [5.41, 5.74) is 3.63. The van der Waals surface area contributed by atoms with Gasteiger partial charge in [-0.15, -0.1) is 11.3 Å². The highest BCUT2D eigenvalue weighted by Crippen LogP contribution is 2.38. The zero-order valence-corrected chi connectivity index (χ0v) is 13.9. The van der Waals surface area contributed by atoms with Gasteiger partial charge >= 0.3 is 0 Å². The van der Waals surface area contributed by atoms with Gasteiger partial charge in [-0.3, -0.25) is 0 Å². The molecule has 0 aliphatic heterocycles. The number of rotatable bonds is 3. The second-order valence-electron chi connectivity index (χ2n) is 4.38. The van der Waals surface area contributed by atoms with Gasteiger partial charge in [0.2, 0.25) is 0 Å². The van der Waals surface area contributed by atoms with E-state index in [1.54, 1.807) is 18.4 Å². The highest BCUT2D eigenvalue weighted by Gasteiger charge is 2.12. The maximum atomic E-state index is 5.54. The first-order valence-electron chi connectivity index (χ1n) is 6.26. The summed E-state index contributed by atoms with van der Waals surface area (Å²) in [6, 6.07) is 19.0. The van der Waals surface area contributed by atoms with Crippen LogP contribution in [0.5, 0.6) is 5.75 Å². The van der Waals surface area contributed by atoms with E-state index >= 15 is 0 Å². The smallest absolute Gasteiger partial charge is 0.133 e. The molecular weight excluding hydrogens is 379 g/mol. The molecule has 1 heterocycles. The van der Waals surface area contributed by atoms with E-state index in [2.05, 4.69) is 76.5 Å². The van der Waals surface area contributed by atoms with Crippen molar-refractivity contribution in [2.24, 2.45) is 0 Å². The van der Waals surface area contributed by atoms with Crippen molar-refractivity contribution in [1.29, 1.82) is 0 Å². The number of hydrogen-bond donors (Lipinski definition) is 0. The van der Waals surface area contributed by atoms with Crippen molar-refractivity contribution in [2.45, 2.75) is 0 Å². The zero-order valence-electron chi connectivity index (χ0n) is 11.0. The standard InChI is InChI=1S/C17H13IOS/c1-19-15-11-13(12-6-3-2-4-7-12)10-14(17(15)18)16-8-5-9-20-16/h2-11H,1H3. The normalized spacial score (nSPS) is 10.5. The van der Waals surface area contributed by atoms with E-state index in [9.17, 15) is 0 Å². The van der Waals surface area contributed by atoms with Gasteiger partial charge in [0.25, 0.3) is 0 Å². The molecular formula is C17H13IOS. The van der Waals surface area contributed by atoms with Crippen molar-refractivity contribution in [2.75, 3.05) is 7.11 Å². The second-order valence-corrected chi connectivity index (χ2v) is 6.41. The Bertz CT molecular complexity index is 705. The van der Waals surface area contributed by atoms with Gasteiger partial charge in [-0.1, -0.05) is 36.4 Å². The fourth-order valence-corrected chi connectivity index (χ4v) is 3.91. The van der Waals surface area contributed by atoms with Crippen molar-refractivity contribution in [3.8, 4) is 27.3 Å². The van der Waals surface area contributed by atoms with E-state index in [4.69, 9.17) is 4.74 Å². The molecule has 3 aromatic rings. The number of halogens is 1. The number of thiophene rings is 1. The van der Waals surface area contributed by atoms with E-state index in [1.165, 1.54) is 21.6 Å². The third-order valence-electron chi connectivity index (χ3n) is 3.15. The van der Waals surface area contributed by atoms with Gasteiger partial charge in [0.15, 0.2) is 0 Å². The molecule has 0 unspecified atom stereocenters. The van der Waals surface area contributed by atoms with Crippen LogP contribution in [0, 0.1) is 3.57 Å². The molecule has 0 atom stereocenters. The SMILES string of the molecule is COc1cc(-c2ccccc2)cc(-c2cccs2)c1I. The van der Waals surface area contributed by atoms with Crippen LogP contribution in [0.4, 0.5) is 0 Å². The molecule has 1 nitrogen and oxygen atoms in total. The van der Waals surface area contributed by atoms with E-state index < -0.39 is 0 Å². The lowest BCUT2D eigenvalue weighted by molar-refractivity contribution is 0.412. The highest BCUT2D eigenvalue weighted by molar-refractivity contribution is 14.1. The lowest BCUT2D eigenvalue weighted by Crippen LogP contribution is -1.91. The first kappa shape index (κ1) is 13.6. The highest BCUT2D eigenvalue weighted by atomic mass is 127. The van der Waals surface area contributed by atoms with Crippen LogP contribution >= 0.6 is 33.9 Å². The number of ether oxygens (including phenoxy) is 1. The van der Waals surface area contributed by atoms with E-state index in [1.807, 2.05) is 6.07 Å². The van der Waals surface area contributed by atoms with E-state index in [0.29, 0.717) is 0 Å². The minimum Gasteiger partial charge on any atom is -0.496 e. The number of hydrogen-bond acceptors (Lipinski definition) is 2. The second kappa shape index (κ2) is 5.97. The average Bonchev–Trinajstić information content (AvgIpc) is 3.02. The predicted molar refractivity (Wildman–Crippen MR) is 94.5 cm³/mol. The third kappa shape index (κ3) is 2.60. The van der Waals surface area contributed by atoms with Crippen molar-refractivity contribution in [3.05, 3.63) is 63.5 Å². The van der Waals surface area contributed by atoms with Crippen LogP contribution in [0.3, 0.4) is 0 Å². The summed E-state index contributed by atoms with van der Waals surface area (Å²) in [6.45, 7) is 0. The molecule has 100 valence electrons. The van der Waals surface area contributed by atoms with E-state index in [0.717, 1.165) is 9.32 Å². The Morgan fingerprint density at radius 3 is 2.40 bits per heavy atom. The molecule has 0 aliphatic carbocycles. The number of methoxy groups -OCH3 is 1. The molecule has 0 N–H and O–H groups in total. The van der Waals surface area contributed by atoms with Crippen LogP contribution < -0.4 is 4.74 Å². The molecule has 20 heavy (non-hydrogen) atoms. The Kier molecular flexibility index (Phi) is 4.08. The summed E-state index contributed by atoms with van der Waals surface area (Å²) >= 11 is 4.11. The van der Waals surface area contributed by atoms with Crippen molar-refractivity contribution in [3.63, 3.8) is 0 Å². The van der Waals surface area contributed by atoms with E-state index in [-0.39, 0.29) is 0 Å². The molecule has 3 heteroatoms. The van der Waals surface area contributed by atoms with Crippen molar-refractivity contribution in [1.82, 2.24) is 0 Å².